The molecule has 1 saturated carbocycles. The van der Waals surface area contributed by atoms with Crippen molar-refractivity contribution < 1.29 is 14.6 Å². The Bertz CT molecular complexity index is 730. The van der Waals surface area contributed by atoms with Crippen molar-refractivity contribution in [2.24, 2.45) is 23.2 Å². The molecule has 0 amide bonds. The molecule has 4 nitrogen and oxygen atoms in total. The molecule has 4 heteroatoms. The molecule has 1 aliphatic heterocycles. The molecule has 2 N–H and O–H groups in total. The van der Waals surface area contributed by atoms with Gasteiger partial charge >= 0.3 is 5.97 Å². The van der Waals surface area contributed by atoms with E-state index >= 15 is 0 Å². The van der Waals surface area contributed by atoms with Crippen LogP contribution in [0.2, 0.25) is 0 Å². The van der Waals surface area contributed by atoms with Crippen LogP contribution in [0.25, 0.3) is 0 Å². The van der Waals surface area contributed by atoms with E-state index in [9.17, 15) is 9.90 Å². The summed E-state index contributed by atoms with van der Waals surface area (Å²) in [6.45, 7) is 7.06. The van der Waals surface area contributed by atoms with Crippen molar-refractivity contribution >= 4 is 5.97 Å². The van der Waals surface area contributed by atoms with Gasteiger partial charge < -0.3 is 15.2 Å². The first-order chi connectivity index (χ1) is 12.9. The summed E-state index contributed by atoms with van der Waals surface area (Å²) in [6.07, 6.45) is 4.48. The molecule has 1 aromatic carbocycles. The van der Waals surface area contributed by atoms with Gasteiger partial charge in [-0.25, -0.2) is 0 Å². The van der Waals surface area contributed by atoms with Gasteiger partial charge in [-0.3, -0.25) is 4.79 Å². The van der Waals surface area contributed by atoms with Crippen LogP contribution in [0.1, 0.15) is 51.6 Å². The minimum Gasteiger partial charge on any atom is -0.461 e. The van der Waals surface area contributed by atoms with Crippen LogP contribution in [0, 0.1) is 23.2 Å². The normalized spacial score (nSPS) is 39.2. The first-order valence-corrected chi connectivity index (χ1v) is 10.3. The van der Waals surface area contributed by atoms with E-state index in [1.165, 1.54) is 11.1 Å². The molecule has 1 heterocycles. The van der Waals surface area contributed by atoms with Crippen molar-refractivity contribution in [3.05, 3.63) is 47.5 Å². The van der Waals surface area contributed by atoms with Crippen molar-refractivity contribution in [2.75, 3.05) is 6.54 Å². The Hall–Kier alpha value is -1.65. The number of rotatable bonds is 4. The summed E-state index contributed by atoms with van der Waals surface area (Å²) in [5.74, 6) is -0.160. The molecule has 27 heavy (non-hydrogen) atoms. The first-order valence-electron chi connectivity index (χ1n) is 10.3. The third kappa shape index (κ3) is 3.03. The van der Waals surface area contributed by atoms with Crippen molar-refractivity contribution in [2.45, 2.75) is 58.3 Å². The first kappa shape index (κ1) is 18.7. The number of nitrogens with one attached hydrogen (secondary N) is 1. The quantitative estimate of drug-likeness (QED) is 0.629. The highest BCUT2D eigenvalue weighted by Gasteiger charge is 2.59. The fraction of sp³-hybridized carbons (Fsp3) is 0.609. The van der Waals surface area contributed by atoms with Gasteiger partial charge in [0.15, 0.2) is 0 Å². The Kier molecular flexibility index (Phi) is 4.89. The number of benzene rings is 1. The minimum absolute atomic E-state index is 0.129. The number of carbonyl (C=O) groups is 1. The van der Waals surface area contributed by atoms with Gasteiger partial charge in [-0.05, 0) is 31.2 Å². The molecule has 146 valence electrons. The summed E-state index contributed by atoms with van der Waals surface area (Å²) in [6, 6.07) is 10.4. The Balaban J connectivity index is 1.52. The molecule has 3 aliphatic rings. The van der Waals surface area contributed by atoms with Gasteiger partial charge in [-0.15, -0.1) is 0 Å². The predicted molar refractivity (Wildman–Crippen MR) is 105 cm³/mol. The van der Waals surface area contributed by atoms with Gasteiger partial charge in [-0.2, -0.15) is 0 Å². The van der Waals surface area contributed by atoms with E-state index in [2.05, 4.69) is 44.3 Å². The van der Waals surface area contributed by atoms with Crippen LogP contribution in [0.15, 0.2) is 42.0 Å². The van der Waals surface area contributed by atoms with Gasteiger partial charge in [0.1, 0.15) is 6.10 Å². The average Bonchev–Trinajstić information content (AvgIpc) is 2.98. The zero-order chi connectivity index (χ0) is 19.2. The highest BCUT2D eigenvalue weighted by Crippen LogP contribution is 2.55. The van der Waals surface area contributed by atoms with Gasteiger partial charge in [0, 0.05) is 30.3 Å². The van der Waals surface area contributed by atoms with Crippen LogP contribution in [0.3, 0.4) is 0 Å². The smallest absolute Gasteiger partial charge is 0.311 e. The molecule has 7 atom stereocenters. The molecule has 1 aromatic rings. The predicted octanol–water partition coefficient (Wildman–Crippen LogP) is 3.62. The number of fused-ring (bicyclic) bond motifs is 2. The van der Waals surface area contributed by atoms with Crippen molar-refractivity contribution in [3.63, 3.8) is 0 Å². The Morgan fingerprint density at radius 1 is 1.33 bits per heavy atom. The molecule has 3 unspecified atom stereocenters. The van der Waals surface area contributed by atoms with E-state index in [0.29, 0.717) is 12.5 Å². The zero-order valence-electron chi connectivity index (χ0n) is 16.5. The maximum atomic E-state index is 12.6. The minimum atomic E-state index is -0.539. The number of allylic oxidation sites excluding steroid dienone is 1. The topological polar surface area (TPSA) is 58.6 Å². The molecule has 4 rings (SSSR count). The van der Waals surface area contributed by atoms with Crippen molar-refractivity contribution in [1.29, 1.82) is 0 Å². The third-order valence-electron chi connectivity index (χ3n) is 7.51. The largest absolute Gasteiger partial charge is 0.461 e. The van der Waals surface area contributed by atoms with Gasteiger partial charge in [0.05, 0.1) is 12.0 Å². The maximum absolute atomic E-state index is 12.6. The maximum Gasteiger partial charge on any atom is 0.311 e. The monoisotopic (exact) mass is 369 g/mol. The lowest BCUT2D eigenvalue weighted by atomic mass is 9.55. The number of hydrogen-bond acceptors (Lipinski definition) is 4. The van der Waals surface area contributed by atoms with E-state index in [1.807, 2.05) is 18.2 Å². The standard InChI is InChI=1S/C23H31NO3/c1-14-8-7-11-17-12-19-20(21(25)23(14,17)3)18(22(26)27-19)13-24-15(2)16-9-5-4-6-10-16/h4-6,9-11,14-15,18-21,24-25H,7-8,12-13H2,1-3H3/t14?,15-,18?,19+,20+,21?,23+/m0/s1. The lowest BCUT2D eigenvalue weighted by molar-refractivity contribution is -0.144. The Morgan fingerprint density at radius 2 is 2.07 bits per heavy atom. The van der Waals surface area contributed by atoms with E-state index in [-0.39, 0.29) is 35.4 Å². The number of aliphatic hydroxyl groups excluding tert-OH is 1. The highest BCUT2D eigenvalue weighted by molar-refractivity contribution is 5.76. The molecule has 0 radical (unpaired) electrons. The summed E-state index contributed by atoms with van der Waals surface area (Å²) < 4.78 is 5.74. The van der Waals surface area contributed by atoms with Gasteiger partial charge in [-0.1, -0.05) is 55.8 Å². The summed E-state index contributed by atoms with van der Waals surface area (Å²) in [5.41, 5.74) is 2.24. The third-order valence-corrected chi connectivity index (χ3v) is 7.51. The Labute approximate surface area is 162 Å². The zero-order valence-corrected chi connectivity index (χ0v) is 16.5. The summed E-state index contributed by atoms with van der Waals surface area (Å²) in [7, 11) is 0. The second-order valence-electron chi connectivity index (χ2n) is 8.84. The van der Waals surface area contributed by atoms with Crippen LogP contribution in [-0.4, -0.2) is 29.8 Å². The number of esters is 1. The molecule has 2 fully saturated rings. The van der Waals surface area contributed by atoms with Crippen LogP contribution in [-0.2, 0) is 9.53 Å². The van der Waals surface area contributed by atoms with Crippen molar-refractivity contribution in [1.82, 2.24) is 5.32 Å². The second kappa shape index (κ2) is 7.06. The lowest BCUT2D eigenvalue weighted by Crippen LogP contribution is -2.54. The fourth-order valence-electron chi connectivity index (χ4n) is 5.46. The molecular weight excluding hydrogens is 338 g/mol. The number of carbonyl (C=O) groups excluding carboxylic acids is 1. The summed E-state index contributed by atoms with van der Waals surface area (Å²) in [4.78, 5) is 12.6. The van der Waals surface area contributed by atoms with Crippen LogP contribution < -0.4 is 5.32 Å². The van der Waals surface area contributed by atoms with Gasteiger partial charge in [0.2, 0.25) is 0 Å². The van der Waals surface area contributed by atoms with E-state index in [1.54, 1.807) is 0 Å². The van der Waals surface area contributed by atoms with Crippen LogP contribution in [0.5, 0.6) is 0 Å². The number of aliphatic hydroxyl groups is 1. The summed E-state index contributed by atoms with van der Waals surface area (Å²) in [5, 5.41) is 14.9. The molecule has 0 bridgehead atoms. The van der Waals surface area contributed by atoms with E-state index in [0.717, 1.165) is 19.3 Å². The number of hydrogen-bond donors (Lipinski definition) is 2. The number of ether oxygens (including phenoxy) is 1. The molecule has 1 saturated heterocycles. The van der Waals surface area contributed by atoms with Crippen molar-refractivity contribution in [3.8, 4) is 0 Å². The highest BCUT2D eigenvalue weighted by atomic mass is 16.6. The van der Waals surface area contributed by atoms with E-state index < -0.39 is 6.10 Å². The fourth-order valence-corrected chi connectivity index (χ4v) is 5.46. The Morgan fingerprint density at radius 3 is 2.81 bits per heavy atom. The molecule has 2 aliphatic carbocycles. The van der Waals surface area contributed by atoms with Crippen LogP contribution >= 0.6 is 0 Å². The lowest BCUT2D eigenvalue weighted by Gasteiger charge is -2.51. The van der Waals surface area contributed by atoms with Gasteiger partial charge in [0.25, 0.3) is 0 Å². The molecule has 0 aromatic heterocycles. The summed E-state index contributed by atoms with van der Waals surface area (Å²) >= 11 is 0. The molecular formula is C23H31NO3. The second-order valence-corrected chi connectivity index (χ2v) is 8.84. The van der Waals surface area contributed by atoms with E-state index in [4.69, 9.17) is 4.74 Å². The molecule has 0 spiro atoms. The average molecular weight is 370 g/mol. The SMILES string of the molecule is CC1CCC=C2C[C@H]3OC(=O)C(CN[C@@H](C)c4ccccc4)[C@H]3C(O)[C@@]21C. The van der Waals surface area contributed by atoms with Crippen LogP contribution in [0.4, 0.5) is 0 Å².